The third kappa shape index (κ3) is 3.27. The SMILES string of the molecule is CNC(c1ccc(Cl)cc1)c1cc(Cl)cc(Br)c1. The molecule has 0 aliphatic heterocycles. The molecule has 0 heterocycles. The lowest BCUT2D eigenvalue weighted by atomic mass is 9.99. The summed E-state index contributed by atoms with van der Waals surface area (Å²) in [4.78, 5) is 0. The second-order valence-electron chi connectivity index (χ2n) is 3.98. The van der Waals surface area contributed by atoms with Gasteiger partial charge in [0.05, 0.1) is 6.04 Å². The van der Waals surface area contributed by atoms with Gasteiger partial charge in [0.1, 0.15) is 0 Å². The molecule has 0 saturated carbocycles. The summed E-state index contributed by atoms with van der Waals surface area (Å²) in [5.41, 5.74) is 2.26. The maximum Gasteiger partial charge on any atom is 0.0575 e. The molecule has 0 amide bonds. The van der Waals surface area contributed by atoms with Gasteiger partial charge in [0.2, 0.25) is 0 Å². The zero-order valence-electron chi connectivity index (χ0n) is 9.75. The third-order valence-corrected chi connectivity index (χ3v) is 3.64. The van der Waals surface area contributed by atoms with Gasteiger partial charge in [-0.05, 0) is 48.5 Å². The van der Waals surface area contributed by atoms with E-state index in [1.807, 2.05) is 43.4 Å². The van der Waals surface area contributed by atoms with E-state index in [0.717, 1.165) is 20.6 Å². The van der Waals surface area contributed by atoms with Gasteiger partial charge in [-0.3, -0.25) is 0 Å². The summed E-state index contributed by atoms with van der Waals surface area (Å²) in [6, 6.07) is 13.8. The molecule has 2 aromatic rings. The van der Waals surface area contributed by atoms with Gasteiger partial charge in [-0.25, -0.2) is 0 Å². The lowest BCUT2D eigenvalue weighted by Crippen LogP contribution is -2.17. The van der Waals surface area contributed by atoms with Crippen LogP contribution in [-0.2, 0) is 0 Å². The first-order valence-corrected chi connectivity index (χ1v) is 7.04. The largest absolute Gasteiger partial charge is 0.309 e. The van der Waals surface area contributed by atoms with Gasteiger partial charge in [-0.2, -0.15) is 0 Å². The molecule has 0 saturated heterocycles. The maximum absolute atomic E-state index is 6.08. The molecule has 2 rings (SSSR count). The predicted octanol–water partition coefficient (Wildman–Crippen LogP) is 5.06. The zero-order valence-corrected chi connectivity index (χ0v) is 12.9. The number of hydrogen-bond acceptors (Lipinski definition) is 1. The standard InChI is InChI=1S/C14H12BrCl2N/c1-18-14(9-2-4-12(16)5-3-9)10-6-11(15)8-13(17)7-10/h2-8,14,18H,1H3. The summed E-state index contributed by atoms with van der Waals surface area (Å²) in [5.74, 6) is 0. The van der Waals surface area contributed by atoms with E-state index in [2.05, 4.69) is 27.3 Å². The van der Waals surface area contributed by atoms with Crippen LogP contribution in [-0.4, -0.2) is 7.05 Å². The molecule has 0 fully saturated rings. The Hall–Kier alpha value is -0.540. The van der Waals surface area contributed by atoms with Crippen LogP contribution in [0.3, 0.4) is 0 Å². The van der Waals surface area contributed by atoms with E-state index < -0.39 is 0 Å². The van der Waals surface area contributed by atoms with Crippen molar-refractivity contribution < 1.29 is 0 Å². The molecule has 18 heavy (non-hydrogen) atoms. The summed E-state index contributed by atoms with van der Waals surface area (Å²) < 4.78 is 0.971. The Kier molecular flexibility index (Phi) is 4.68. The van der Waals surface area contributed by atoms with Crippen LogP contribution >= 0.6 is 39.1 Å². The number of benzene rings is 2. The first-order valence-electron chi connectivity index (χ1n) is 5.49. The fraction of sp³-hybridized carbons (Fsp3) is 0.143. The van der Waals surface area contributed by atoms with E-state index in [9.17, 15) is 0 Å². The Morgan fingerprint density at radius 2 is 1.61 bits per heavy atom. The summed E-state index contributed by atoms with van der Waals surface area (Å²) in [7, 11) is 1.92. The molecule has 0 radical (unpaired) electrons. The molecule has 0 aromatic heterocycles. The van der Waals surface area contributed by atoms with E-state index >= 15 is 0 Å². The van der Waals surface area contributed by atoms with Gasteiger partial charge in [-0.1, -0.05) is 51.3 Å². The molecule has 1 unspecified atom stereocenters. The molecule has 0 aliphatic rings. The minimum Gasteiger partial charge on any atom is -0.309 e. The minimum absolute atomic E-state index is 0.0947. The van der Waals surface area contributed by atoms with Crippen molar-refractivity contribution >= 4 is 39.1 Å². The van der Waals surface area contributed by atoms with Crippen LogP contribution in [0.5, 0.6) is 0 Å². The molecule has 1 N–H and O–H groups in total. The highest BCUT2D eigenvalue weighted by Gasteiger charge is 2.13. The molecule has 1 nitrogen and oxygen atoms in total. The van der Waals surface area contributed by atoms with Crippen molar-refractivity contribution in [3.63, 3.8) is 0 Å². The molecule has 0 aliphatic carbocycles. The summed E-state index contributed by atoms with van der Waals surface area (Å²) in [5, 5.41) is 4.74. The molecular formula is C14H12BrCl2N. The number of hydrogen-bond donors (Lipinski definition) is 1. The van der Waals surface area contributed by atoms with Crippen molar-refractivity contribution in [3.8, 4) is 0 Å². The summed E-state index contributed by atoms with van der Waals surface area (Å²) >= 11 is 15.5. The van der Waals surface area contributed by atoms with Crippen LogP contribution in [0.15, 0.2) is 46.9 Å². The number of rotatable bonds is 3. The Morgan fingerprint density at radius 3 is 2.17 bits per heavy atom. The highest BCUT2D eigenvalue weighted by atomic mass is 79.9. The average Bonchev–Trinajstić information content (AvgIpc) is 2.31. The molecule has 1 atom stereocenters. The second kappa shape index (κ2) is 6.07. The Morgan fingerprint density at radius 1 is 0.944 bits per heavy atom. The van der Waals surface area contributed by atoms with E-state index in [0.29, 0.717) is 5.02 Å². The van der Waals surface area contributed by atoms with Gasteiger partial charge in [0.15, 0.2) is 0 Å². The van der Waals surface area contributed by atoms with Gasteiger partial charge in [0, 0.05) is 14.5 Å². The Bertz CT molecular complexity index is 520. The topological polar surface area (TPSA) is 12.0 Å². The van der Waals surface area contributed by atoms with Crippen LogP contribution in [0.1, 0.15) is 17.2 Å². The molecule has 0 spiro atoms. The fourth-order valence-electron chi connectivity index (χ4n) is 1.92. The minimum atomic E-state index is 0.0947. The highest BCUT2D eigenvalue weighted by molar-refractivity contribution is 9.10. The van der Waals surface area contributed by atoms with Gasteiger partial charge in [0.25, 0.3) is 0 Å². The fourth-order valence-corrected chi connectivity index (χ4v) is 2.94. The lowest BCUT2D eigenvalue weighted by molar-refractivity contribution is 0.691. The Labute approximate surface area is 125 Å². The summed E-state index contributed by atoms with van der Waals surface area (Å²) in [6.07, 6.45) is 0. The monoisotopic (exact) mass is 343 g/mol. The predicted molar refractivity (Wildman–Crippen MR) is 81.5 cm³/mol. The van der Waals surface area contributed by atoms with Crippen LogP contribution < -0.4 is 5.32 Å². The molecule has 2 aromatic carbocycles. The van der Waals surface area contributed by atoms with Crippen LogP contribution in [0, 0.1) is 0 Å². The van der Waals surface area contributed by atoms with Crippen molar-refractivity contribution in [1.82, 2.24) is 5.32 Å². The maximum atomic E-state index is 6.08. The van der Waals surface area contributed by atoms with Crippen molar-refractivity contribution in [2.45, 2.75) is 6.04 Å². The molecule has 94 valence electrons. The van der Waals surface area contributed by atoms with Crippen LogP contribution in [0.2, 0.25) is 10.0 Å². The van der Waals surface area contributed by atoms with E-state index in [1.54, 1.807) is 0 Å². The Balaban J connectivity index is 2.41. The number of halogens is 3. The van der Waals surface area contributed by atoms with Gasteiger partial charge >= 0.3 is 0 Å². The molecule has 4 heteroatoms. The smallest absolute Gasteiger partial charge is 0.0575 e. The highest BCUT2D eigenvalue weighted by Crippen LogP contribution is 2.28. The first-order chi connectivity index (χ1) is 8.60. The molecule has 0 bridgehead atoms. The van der Waals surface area contributed by atoms with Crippen molar-refractivity contribution in [2.75, 3.05) is 7.05 Å². The lowest BCUT2D eigenvalue weighted by Gasteiger charge is -2.18. The number of nitrogens with one attached hydrogen (secondary N) is 1. The summed E-state index contributed by atoms with van der Waals surface area (Å²) in [6.45, 7) is 0. The van der Waals surface area contributed by atoms with Crippen molar-refractivity contribution in [3.05, 3.63) is 68.1 Å². The normalized spacial score (nSPS) is 12.4. The second-order valence-corrected chi connectivity index (χ2v) is 5.76. The van der Waals surface area contributed by atoms with Crippen LogP contribution in [0.25, 0.3) is 0 Å². The zero-order chi connectivity index (χ0) is 13.1. The average molecular weight is 345 g/mol. The van der Waals surface area contributed by atoms with E-state index in [1.165, 1.54) is 0 Å². The van der Waals surface area contributed by atoms with E-state index in [-0.39, 0.29) is 6.04 Å². The van der Waals surface area contributed by atoms with Crippen molar-refractivity contribution in [2.24, 2.45) is 0 Å². The van der Waals surface area contributed by atoms with Gasteiger partial charge < -0.3 is 5.32 Å². The third-order valence-electron chi connectivity index (χ3n) is 2.71. The quantitative estimate of drug-likeness (QED) is 0.820. The van der Waals surface area contributed by atoms with Gasteiger partial charge in [-0.15, -0.1) is 0 Å². The first kappa shape index (κ1) is 13.9. The molecular weight excluding hydrogens is 333 g/mol. The van der Waals surface area contributed by atoms with Crippen molar-refractivity contribution in [1.29, 1.82) is 0 Å². The van der Waals surface area contributed by atoms with E-state index in [4.69, 9.17) is 23.2 Å². The van der Waals surface area contributed by atoms with Crippen LogP contribution in [0.4, 0.5) is 0 Å².